The first-order valence-electron chi connectivity index (χ1n) is 8.58. The van der Waals surface area contributed by atoms with E-state index in [9.17, 15) is 13.6 Å². The molecule has 0 aliphatic rings. The number of aromatic nitrogens is 4. The molecule has 0 fully saturated rings. The summed E-state index contributed by atoms with van der Waals surface area (Å²) in [5.74, 6) is -0.804. The largest absolute Gasteiger partial charge is 0.454 e. The SMILES string of the molecule is Cc1nn(Cc2c(Cl)cccc2Cl)c(Cl)c1/C=C/C(=O)OCc1nccn1C(F)F. The lowest BCUT2D eigenvalue weighted by molar-refractivity contribution is -0.139. The Bertz CT molecular complexity index is 1080. The Balaban J connectivity index is 1.70. The summed E-state index contributed by atoms with van der Waals surface area (Å²) in [4.78, 5) is 15.7. The van der Waals surface area contributed by atoms with Gasteiger partial charge < -0.3 is 4.74 Å². The molecule has 2 aromatic heterocycles. The number of esters is 1. The van der Waals surface area contributed by atoms with Crippen molar-refractivity contribution in [1.82, 2.24) is 19.3 Å². The maximum atomic E-state index is 12.8. The van der Waals surface area contributed by atoms with Crippen LogP contribution in [0.2, 0.25) is 15.2 Å². The van der Waals surface area contributed by atoms with Gasteiger partial charge in [-0.1, -0.05) is 40.9 Å². The fourth-order valence-corrected chi connectivity index (χ4v) is 3.48. The van der Waals surface area contributed by atoms with Crippen LogP contribution < -0.4 is 0 Å². The topological polar surface area (TPSA) is 61.9 Å². The summed E-state index contributed by atoms with van der Waals surface area (Å²) in [6.07, 6.45) is 4.88. The van der Waals surface area contributed by atoms with Crippen LogP contribution in [0.5, 0.6) is 0 Å². The quantitative estimate of drug-likeness (QED) is 0.332. The Morgan fingerprint density at radius 3 is 2.63 bits per heavy atom. The van der Waals surface area contributed by atoms with Crippen molar-refractivity contribution in [3.05, 3.63) is 74.5 Å². The van der Waals surface area contributed by atoms with Gasteiger partial charge in [0.25, 0.3) is 0 Å². The average Bonchev–Trinajstić information content (AvgIpc) is 3.26. The van der Waals surface area contributed by atoms with Gasteiger partial charge in [0.1, 0.15) is 11.8 Å². The van der Waals surface area contributed by atoms with Gasteiger partial charge in [0, 0.05) is 39.6 Å². The fraction of sp³-hybridized carbons (Fsp3) is 0.211. The van der Waals surface area contributed by atoms with Gasteiger partial charge in [-0.25, -0.2) is 14.5 Å². The highest BCUT2D eigenvalue weighted by molar-refractivity contribution is 6.36. The van der Waals surface area contributed by atoms with E-state index in [1.165, 1.54) is 17.0 Å². The summed E-state index contributed by atoms with van der Waals surface area (Å²) >= 11 is 18.8. The minimum Gasteiger partial charge on any atom is -0.454 e. The van der Waals surface area contributed by atoms with Crippen LogP contribution in [0.25, 0.3) is 6.08 Å². The Kier molecular flexibility index (Phi) is 7.12. The lowest BCUT2D eigenvalue weighted by Gasteiger charge is -2.08. The first kappa shape index (κ1) is 22.3. The average molecular weight is 476 g/mol. The third-order valence-corrected chi connectivity index (χ3v) is 5.27. The van der Waals surface area contributed by atoms with Gasteiger partial charge >= 0.3 is 12.5 Å². The number of imidazole rings is 1. The van der Waals surface area contributed by atoms with Crippen molar-refractivity contribution in [2.24, 2.45) is 0 Å². The molecule has 0 bridgehead atoms. The zero-order valence-electron chi connectivity index (χ0n) is 15.5. The second-order valence-electron chi connectivity index (χ2n) is 6.12. The van der Waals surface area contributed by atoms with Crippen LogP contribution in [0.1, 0.15) is 29.2 Å². The predicted octanol–water partition coefficient (Wildman–Crippen LogP) is 5.55. The van der Waals surface area contributed by atoms with Crippen molar-refractivity contribution in [3.63, 3.8) is 0 Å². The number of hydrogen-bond acceptors (Lipinski definition) is 4. The van der Waals surface area contributed by atoms with E-state index in [1.807, 2.05) is 0 Å². The van der Waals surface area contributed by atoms with E-state index in [4.69, 9.17) is 39.5 Å². The lowest BCUT2D eigenvalue weighted by Crippen LogP contribution is -2.08. The van der Waals surface area contributed by atoms with E-state index >= 15 is 0 Å². The Morgan fingerprint density at radius 1 is 1.27 bits per heavy atom. The zero-order valence-corrected chi connectivity index (χ0v) is 17.8. The van der Waals surface area contributed by atoms with Crippen LogP contribution in [0.15, 0.2) is 36.7 Å². The summed E-state index contributed by atoms with van der Waals surface area (Å²) in [5, 5.41) is 5.59. The number of alkyl halides is 2. The molecule has 0 spiro atoms. The van der Waals surface area contributed by atoms with Crippen LogP contribution in [0, 0.1) is 6.92 Å². The number of nitrogens with zero attached hydrogens (tertiary/aromatic N) is 4. The van der Waals surface area contributed by atoms with Crippen LogP contribution in [0.4, 0.5) is 8.78 Å². The molecular weight excluding hydrogens is 461 g/mol. The maximum Gasteiger partial charge on any atom is 0.331 e. The van der Waals surface area contributed by atoms with Gasteiger partial charge in [-0.15, -0.1) is 0 Å². The van der Waals surface area contributed by atoms with Gasteiger partial charge in [0.15, 0.2) is 5.82 Å². The fourth-order valence-electron chi connectivity index (χ4n) is 2.66. The number of ether oxygens (including phenoxy) is 1. The standard InChI is InChI=1S/C19H15Cl3F2N4O2/c1-11-12(5-6-17(29)30-10-16-25-7-8-27(16)19(23)24)18(22)28(26-11)9-13-14(20)3-2-4-15(13)21/h2-8,19H,9-10H2,1H3/b6-5+. The molecule has 0 saturated carbocycles. The van der Waals surface area contributed by atoms with Crippen molar-refractivity contribution in [1.29, 1.82) is 0 Å². The smallest absolute Gasteiger partial charge is 0.331 e. The number of benzene rings is 1. The van der Waals surface area contributed by atoms with Crippen LogP contribution in [0.3, 0.4) is 0 Å². The molecule has 158 valence electrons. The molecule has 0 saturated heterocycles. The molecule has 6 nitrogen and oxygen atoms in total. The molecule has 0 aliphatic carbocycles. The highest BCUT2D eigenvalue weighted by Gasteiger charge is 2.15. The lowest BCUT2D eigenvalue weighted by atomic mass is 10.2. The molecule has 0 N–H and O–H groups in total. The highest BCUT2D eigenvalue weighted by Crippen LogP contribution is 2.28. The first-order valence-corrected chi connectivity index (χ1v) is 9.71. The van der Waals surface area contributed by atoms with Crippen molar-refractivity contribution >= 4 is 46.8 Å². The Morgan fingerprint density at radius 2 is 1.97 bits per heavy atom. The number of carbonyl (C=O) groups is 1. The van der Waals surface area contributed by atoms with E-state index in [2.05, 4.69) is 10.1 Å². The normalized spacial score (nSPS) is 11.6. The minimum atomic E-state index is -2.77. The minimum absolute atomic E-state index is 0.0644. The molecule has 3 aromatic rings. The Labute approximate surface area is 185 Å². The number of carbonyl (C=O) groups excluding carboxylic acids is 1. The molecule has 2 heterocycles. The second kappa shape index (κ2) is 9.59. The van der Waals surface area contributed by atoms with Crippen molar-refractivity contribution in [2.75, 3.05) is 0 Å². The molecular formula is C19H15Cl3F2N4O2. The zero-order chi connectivity index (χ0) is 21.8. The number of rotatable bonds is 7. The van der Waals surface area contributed by atoms with Crippen molar-refractivity contribution < 1.29 is 18.3 Å². The van der Waals surface area contributed by atoms with E-state index in [0.29, 0.717) is 31.4 Å². The number of halogens is 5. The van der Waals surface area contributed by atoms with Crippen LogP contribution >= 0.6 is 34.8 Å². The van der Waals surface area contributed by atoms with Gasteiger partial charge in [-0.2, -0.15) is 13.9 Å². The molecule has 11 heteroatoms. The van der Waals surface area contributed by atoms with Gasteiger partial charge in [-0.05, 0) is 25.1 Å². The maximum absolute atomic E-state index is 12.8. The van der Waals surface area contributed by atoms with E-state index < -0.39 is 19.1 Å². The van der Waals surface area contributed by atoms with E-state index in [1.54, 1.807) is 25.1 Å². The molecule has 3 rings (SSSR count). The molecule has 30 heavy (non-hydrogen) atoms. The summed E-state index contributed by atoms with van der Waals surface area (Å²) in [7, 11) is 0. The molecule has 1 aromatic carbocycles. The van der Waals surface area contributed by atoms with E-state index in [-0.39, 0.29) is 17.5 Å². The molecule has 0 atom stereocenters. The molecule has 0 amide bonds. The summed E-state index contributed by atoms with van der Waals surface area (Å²) in [6.45, 7) is -1.19. The summed E-state index contributed by atoms with van der Waals surface area (Å²) < 4.78 is 32.6. The summed E-state index contributed by atoms with van der Waals surface area (Å²) in [6, 6.07) is 5.16. The van der Waals surface area contributed by atoms with Crippen LogP contribution in [-0.2, 0) is 22.7 Å². The van der Waals surface area contributed by atoms with Gasteiger partial charge in [-0.3, -0.25) is 4.57 Å². The first-order chi connectivity index (χ1) is 14.3. The summed E-state index contributed by atoms with van der Waals surface area (Å²) in [5.41, 5.74) is 1.74. The Hall–Kier alpha value is -2.42. The second-order valence-corrected chi connectivity index (χ2v) is 7.29. The van der Waals surface area contributed by atoms with Gasteiger partial charge in [0.05, 0.1) is 12.2 Å². The molecule has 0 unspecified atom stereocenters. The van der Waals surface area contributed by atoms with Gasteiger partial charge in [0.2, 0.25) is 0 Å². The van der Waals surface area contributed by atoms with Crippen LogP contribution in [-0.4, -0.2) is 25.3 Å². The molecule has 0 radical (unpaired) electrons. The van der Waals surface area contributed by atoms with E-state index in [0.717, 1.165) is 12.3 Å². The molecule has 0 aliphatic heterocycles. The third-order valence-electron chi connectivity index (χ3n) is 4.17. The number of aryl methyl sites for hydroxylation is 1. The predicted molar refractivity (Wildman–Crippen MR) is 110 cm³/mol. The van der Waals surface area contributed by atoms with Crippen molar-refractivity contribution in [3.8, 4) is 0 Å². The highest BCUT2D eigenvalue weighted by atomic mass is 35.5. The monoisotopic (exact) mass is 474 g/mol. The van der Waals surface area contributed by atoms with Crippen molar-refractivity contribution in [2.45, 2.75) is 26.6 Å². The third kappa shape index (κ3) is 5.00. The number of hydrogen-bond donors (Lipinski definition) is 0.